The second kappa shape index (κ2) is 5.49. The molecule has 4 atom stereocenters. The minimum absolute atomic E-state index is 0.116. The number of rotatable bonds is 4. The zero-order valence-electron chi connectivity index (χ0n) is 11.1. The Bertz CT molecular complexity index is 526. The molecular formula is C16H17NO3. The number of benzene rings is 1. The van der Waals surface area contributed by atoms with Gasteiger partial charge >= 0.3 is 6.09 Å². The Balaban J connectivity index is 1.54. The number of amides is 1. The van der Waals surface area contributed by atoms with Gasteiger partial charge in [0.05, 0.1) is 0 Å². The molecule has 1 aromatic rings. The number of alkyl carbamates (subject to hydrolysis) is 1. The summed E-state index contributed by atoms with van der Waals surface area (Å²) in [5, 5.41) is 2.84. The quantitative estimate of drug-likeness (QED) is 0.675. The summed E-state index contributed by atoms with van der Waals surface area (Å²) >= 11 is 0. The van der Waals surface area contributed by atoms with E-state index in [1.807, 2.05) is 30.3 Å². The third-order valence-corrected chi connectivity index (χ3v) is 4.17. The number of nitrogens with one attached hydrogen (secondary N) is 1. The van der Waals surface area contributed by atoms with Gasteiger partial charge in [-0.05, 0) is 23.8 Å². The first-order chi connectivity index (χ1) is 9.78. The first kappa shape index (κ1) is 12.9. The molecule has 1 amide bonds. The van der Waals surface area contributed by atoms with Gasteiger partial charge in [0.1, 0.15) is 12.9 Å². The van der Waals surface area contributed by atoms with Crippen LogP contribution in [0.25, 0.3) is 0 Å². The van der Waals surface area contributed by atoms with Crippen LogP contribution in [-0.4, -0.2) is 18.4 Å². The average molecular weight is 271 g/mol. The Kier molecular flexibility index (Phi) is 3.54. The summed E-state index contributed by atoms with van der Waals surface area (Å²) in [6.07, 6.45) is 5.62. The van der Waals surface area contributed by atoms with Crippen molar-refractivity contribution in [2.75, 3.05) is 0 Å². The van der Waals surface area contributed by atoms with E-state index in [4.69, 9.17) is 4.74 Å². The molecular weight excluding hydrogens is 254 g/mol. The molecule has 0 aromatic heterocycles. The SMILES string of the molecule is O=CC1C(NC(=O)OCc2ccccc2)[C@H]2C=C[C@@H]1C2. The van der Waals surface area contributed by atoms with E-state index in [1.54, 1.807) is 0 Å². The standard InChI is InChI=1S/C16H17NO3/c18-9-14-12-6-7-13(8-12)15(14)17-16(19)20-10-11-4-2-1-3-5-11/h1-7,9,12-15H,8,10H2,(H,17,19)/t12-,13+,14?,15?/m1/s1. The molecule has 2 aliphatic rings. The van der Waals surface area contributed by atoms with Crippen molar-refractivity contribution in [3.05, 3.63) is 48.0 Å². The number of hydrogen-bond acceptors (Lipinski definition) is 3. The molecule has 104 valence electrons. The molecule has 2 aliphatic carbocycles. The molecule has 4 nitrogen and oxygen atoms in total. The van der Waals surface area contributed by atoms with Gasteiger partial charge in [0, 0.05) is 12.0 Å². The van der Waals surface area contributed by atoms with Gasteiger partial charge in [0.2, 0.25) is 0 Å². The van der Waals surface area contributed by atoms with E-state index >= 15 is 0 Å². The van der Waals surface area contributed by atoms with Crippen LogP contribution in [0.2, 0.25) is 0 Å². The van der Waals surface area contributed by atoms with E-state index in [-0.39, 0.29) is 30.4 Å². The molecule has 2 bridgehead atoms. The van der Waals surface area contributed by atoms with Gasteiger partial charge in [-0.2, -0.15) is 0 Å². The third-order valence-electron chi connectivity index (χ3n) is 4.17. The molecule has 0 aliphatic heterocycles. The van der Waals surface area contributed by atoms with Crippen LogP contribution in [0.5, 0.6) is 0 Å². The van der Waals surface area contributed by atoms with Gasteiger partial charge in [-0.15, -0.1) is 0 Å². The summed E-state index contributed by atoms with van der Waals surface area (Å²) in [5.74, 6) is 0.422. The molecule has 1 N–H and O–H groups in total. The molecule has 20 heavy (non-hydrogen) atoms. The molecule has 0 saturated heterocycles. The van der Waals surface area contributed by atoms with Gasteiger partial charge in [-0.1, -0.05) is 42.5 Å². The summed E-state index contributed by atoms with van der Waals surface area (Å²) in [6.45, 7) is 0.245. The maximum Gasteiger partial charge on any atom is 0.407 e. The van der Waals surface area contributed by atoms with Crippen LogP contribution >= 0.6 is 0 Å². The van der Waals surface area contributed by atoms with Crippen LogP contribution in [-0.2, 0) is 16.1 Å². The highest BCUT2D eigenvalue weighted by Crippen LogP contribution is 2.42. The Labute approximate surface area is 117 Å². The van der Waals surface area contributed by atoms with Crippen LogP contribution in [0.4, 0.5) is 4.79 Å². The van der Waals surface area contributed by atoms with Crippen molar-refractivity contribution in [1.82, 2.24) is 5.32 Å². The molecule has 0 spiro atoms. The second-order valence-corrected chi connectivity index (χ2v) is 5.39. The van der Waals surface area contributed by atoms with Crippen molar-refractivity contribution in [2.45, 2.75) is 19.1 Å². The zero-order chi connectivity index (χ0) is 13.9. The molecule has 4 heteroatoms. The topological polar surface area (TPSA) is 55.4 Å². The second-order valence-electron chi connectivity index (χ2n) is 5.39. The summed E-state index contributed by atoms with van der Waals surface area (Å²) < 4.78 is 5.20. The van der Waals surface area contributed by atoms with Gasteiger partial charge < -0.3 is 14.8 Å². The smallest absolute Gasteiger partial charge is 0.407 e. The molecule has 3 rings (SSSR count). The van der Waals surface area contributed by atoms with E-state index in [9.17, 15) is 9.59 Å². The minimum Gasteiger partial charge on any atom is -0.445 e. The number of hydrogen-bond donors (Lipinski definition) is 1. The zero-order valence-corrected chi connectivity index (χ0v) is 11.1. The fourth-order valence-corrected chi connectivity index (χ4v) is 3.15. The fourth-order valence-electron chi connectivity index (χ4n) is 3.15. The van der Waals surface area contributed by atoms with Gasteiger partial charge in [-0.25, -0.2) is 4.79 Å². The van der Waals surface area contributed by atoms with Crippen molar-refractivity contribution in [3.8, 4) is 0 Å². The summed E-state index contributed by atoms with van der Waals surface area (Å²) in [5.41, 5.74) is 0.947. The van der Waals surface area contributed by atoms with Crippen molar-refractivity contribution < 1.29 is 14.3 Å². The minimum atomic E-state index is -0.452. The van der Waals surface area contributed by atoms with Gasteiger partial charge in [0.15, 0.2) is 0 Å². The summed E-state index contributed by atoms with van der Waals surface area (Å²) in [6, 6.07) is 9.41. The number of carbonyl (C=O) groups is 2. The molecule has 0 heterocycles. The summed E-state index contributed by atoms with van der Waals surface area (Å²) in [7, 11) is 0. The monoisotopic (exact) mass is 271 g/mol. The number of aldehydes is 1. The fraction of sp³-hybridized carbons (Fsp3) is 0.375. The van der Waals surface area contributed by atoms with E-state index in [2.05, 4.69) is 17.5 Å². The Morgan fingerprint density at radius 1 is 1.25 bits per heavy atom. The number of carbonyl (C=O) groups excluding carboxylic acids is 2. The van der Waals surface area contributed by atoms with Crippen molar-refractivity contribution >= 4 is 12.4 Å². The number of allylic oxidation sites excluding steroid dienone is 1. The molecule has 1 fully saturated rings. The van der Waals surface area contributed by atoms with Crippen molar-refractivity contribution in [3.63, 3.8) is 0 Å². The van der Waals surface area contributed by atoms with Crippen LogP contribution in [0.15, 0.2) is 42.5 Å². The Morgan fingerprint density at radius 2 is 2.00 bits per heavy atom. The Hall–Kier alpha value is -2.10. The van der Waals surface area contributed by atoms with Gasteiger partial charge in [0.25, 0.3) is 0 Å². The maximum absolute atomic E-state index is 11.8. The highest BCUT2D eigenvalue weighted by molar-refractivity contribution is 5.69. The predicted molar refractivity (Wildman–Crippen MR) is 73.8 cm³/mol. The normalized spacial score (nSPS) is 30.2. The molecule has 1 aromatic carbocycles. The lowest BCUT2D eigenvalue weighted by molar-refractivity contribution is -0.112. The van der Waals surface area contributed by atoms with E-state index < -0.39 is 6.09 Å². The lowest BCUT2D eigenvalue weighted by Gasteiger charge is -2.24. The predicted octanol–water partition coefficient (Wildman–Crippen LogP) is 2.30. The number of fused-ring (bicyclic) bond motifs is 2. The van der Waals surface area contributed by atoms with Crippen LogP contribution in [0, 0.1) is 17.8 Å². The molecule has 0 radical (unpaired) electrons. The highest BCUT2D eigenvalue weighted by atomic mass is 16.5. The lowest BCUT2D eigenvalue weighted by atomic mass is 9.90. The lowest BCUT2D eigenvalue weighted by Crippen LogP contribution is -2.43. The Morgan fingerprint density at radius 3 is 2.75 bits per heavy atom. The van der Waals surface area contributed by atoms with Crippen molar-refractivity contribution in [1.29, 1.82) is 0 Å². The number of ether oxygens (including phenoxy) is 1. The average Bonchev–Trinajstić information content (AvgIpc) is 3.07. The maximum atomic E-state index is 11.8. The molecule has 1 saturated carbocycles. The largest absolute Gasteiger partial charge is 0.445 e. The first-order valence-corrected chi connectivity index (χ1v) is 6.89. The molecule has 2 unspecified atom stereocenters. The van der Waals surface area contributed by atoms with Crippen LogP contribution < -0.4 is 5.32 Å². The van der Waals surface area contributed by atoms with E-state index in [1.165, 1.54) is 0 Å². The van der Waals surface area contributed by atoms with Gasteiger partial charge in [-0.3, -0.25) is 0 Å². The van der Waals surface area contributed by atoms with E-state index in [0.717, 1.165) is 18.3 Å². The van der Waals surface area contributed by atoms with E-state index in [0.29, 0.717) is 0 Å². The third kappa shape index (κ3) is 2.46. The highest BCUT2D eigenvalue weighted by Gasteiger charge is 2.45. The first-order valence-electron chi connectivity index (χ1n) is 6.89. The summed E-state index contributed by atoms with van der Waals surface area (Å²) in [4.78, 5) is 23.0. The van der Waals surface area contributed by atoms with Crippen molar-refractivity contribution in [2.24, 2.45) is 17.8 Å². The van der Waals surface area contributed by atoms with Crippen LogP contribution in [0.3, 0.4) is 0 Å². The van der Waals surface area contributed by atoms with Crippen LogP contribution in [0.1, 0.15) is 12.0 Å².